The Hall–Kier alpha value is -1.47. The first-order valence-corrected chi connectivity index (χ1v) is 7.76. The second-order valence-corrected chi connectivity index (χ2v) is 6.49. The molecule has 0 radical (unpaired) electrons. The van der Waals surface area contributed by atoms with E-state index in [9.17, 15) is 12.8 Å². The summed E-state index contributed by atoms with van der Waals surface area (Å²) in [5.41, 5.74) is 0.379. The molecule has 19 heavy (non-hydrogen) atoms. The lowest BCUT2D eigenvalue weighted by atomic mass is 10.2. The predicted octanol–water partition coefficient (Wildman–Crippen LogP) is 2.93. The van der Waals surface area contributed by atoms with E-state index in [-0.39, 0.29) is 11.6 Å². The second-order valence-electron chi connectivity index (χ2n) is 3.85. The molecule has 0 saturated heterocycles. The fraction of sp³-hybridized carbons (Fsp3) is 0.0833. The third kappa shape index (κ3) is 4.29. The van der Waals surface area contributed by atoms with Gasteiger partial charge in [0.2, 0.25) is 10.0 Å². The van der Waals surface area contributed by atoms with Crippen LogP contribution in [-0.2, 0) is 15.8 Å². The number of hydrogen-bond acceptors (Lipinski definition) is 3. The minimum atomic E-state index is -3.61. The van der Waals surface area contributed by atoms with Gasteiger partial charge in [-0.25, -0.2) is 17.8 Å². The lowest BCUT2D eigenvalue weighted by molar-refractivity contribution is 0.599. The van der Waals surface area contributed by atoms with E-state index >= 15 is 0 Å². The number of nitrogens with one attached hydrogen (secondary N) is 1. The Morgan fingerprint density at radius 1 is 1.26 bits per heavy atom. The van der Waals surface area contributed by atoms with Gasteiger partial charge in [0.1, 0.15) is 11.6 Å². The van der Waals surface area contributed by atoms with Crippen molar-refractivity contribution >= 4 is 31.8 Å². The van der Waals surface area contributed by atoms with Gasteiger partial charge < -0.3 is 0 Å². The highest BCUT2D eigenvalue weighted by atomic mass is 79.9. The fourth-order valence-electron chi connectivity index (χ4n) is 1.48. The molecule has 4 nitrogen and oxygen atoms in total. The van der Waals surface area contributed by atoms with Gasteiger partial charge >= 0.3 is 0 Å². The first-order chi connectivity index (χ1) is 8.94. The predicted molar refractivity (Wildman–Crippen MR) is 74.6 cm³/mol. The smallest absolute Gasteiger partial charge is 0.238 e. The minimum Gasteiger partial charge on any atom is -0.267 e. The standard InChI is InChI=1S/C12H10BrFN2O2S/c13-10-4-5-12(15-7-10)16-19(17,18)8-9-2-1-3-11(14)6-9/h1-7H,8H2,(H,15,16). The summed E-state index contributed by atoms with van der Waals surface area (Å²) >= 11 is 3.21. The van der Waals surface area contributed by atoms with Crippen molar-refractivity contribution in [2.45, 2.75) is 5.75 Å². The summed E-state index contributed by atoms with van der Waals surface area (Å²) in [5, 5.41) is 0. The van der Waals surface area contributed by atoms with E-state index in [0.717, 1.165) is 4.47 Å². The molecular formula is C12H10BrFN2O2S. The van der Waals surface area contributed by atoms with E-state index in [1.165, 1.54) is 30.5 Å². The highest BCUT2D eigenvalue weighted by molar-refractivity contribution is 9.10. The molecule has 0 fully saturated rings. The minimum absolute atomic E-state index is 0.222. The number of hydrogen-bond donors (Lipinski definition) is 1. The SMILES string of the molecule is O=S(=O)(Cc1cccc(F)c1)Nc1ccc(Br)cn1. The zero-order valence-corrected chi connectivity index (χ0v) is 12.1. The van der Waals surface area contributed by atoms with Crippen LogP contribution in [0, 0.1) is 5.82 Å². The Morgan fingerprint density at radius 3 is 2.68 bits per heavy atom. The van der Waals surface area contributed by atoms with Crippen LogP contribution in [0.4, 0.5) is 10.2 Å². The van der Waals surface area contributed by atoms with Gasteiger partial charge in [0.15, 0.2) is 0 Å². The molecule has 0 bridgehead atoms. The molecule has 100 valence electrons. The van der Waals surface area contributed by atoms with Gasteiger partial charge in [0.05, 0.1) is 5.75 Å². The molecular weight excluding hydrogens is 335 g/mol. The Bertz CT molecular complexity index is 674. The maximum Gasteiger partial charge on any atom is 0.238 e. The van der Waals surface area contributed by atoms with Crippen LogP contribution in [0.5, 0.6) is 0 Å². The molecule has 0 saturated carbocycles. The van der Waals surface area contributed by atoms with Gasteiger partial charge in [-0.2, -0.15) is 0 Å². The zero-order chi connectivity index (χ0) is 13.9. The quantitative estimate of drug-likeness (QED) is 0.927. The second kappa shape index (κ2) is 5.66. The van der Waals surface area contributed by atoms with Crippen molar-refractivity contribution in [1.82, 2.24) is 4.98 Å². The van der Waals surface area contributed by atoms with E-state index < -0.39 is 15.8 Å². The number of sulfonamides is 1. The number of aromatic nitrogens is 1. The number of benzene rings is 1. The van der Waals surface area contributed by atoms with Gasteiger partial charge in [0.25, 0.3) is 0 Å². The van der Waals surface area contributed by atoms with Gasteiger partial charge in [0, 0.05) is 10.7 Å². The largest absolute Gasteiger partial charge is 0.267 e. The lowest BCUT2D eigenvalue weighted by Gasteiger charge is -2.07. The topological polar surface area (TPSA) is 59.1 Å². The van der Waals surface area contributed by atoms with Gasteiger partial charge in [-0.3, -0.25) is 4.72 Å². The first kappa shape index (κ1) is 14.0. The first-order valence-electron chi connectivity index (χ1n) is 5.31. The summed E-state index contributed by atoms with van der Waals surface area (Å²) in [6.45, 7) is 0. The Kier molecular flexibility index (Phi) is 4.16. The Balaban J connectivity index is 2.13. The molecule has 0 unspecified atom stereocenters. The third-order valence-electron chi connectivity index (χ3n) is 2.23. The van der Waals surface area contributed by atoms with Crippen molar-refractivity contribution in [1.29, 1.82) is 0 Å². The van der Waals surface area contributed by atoms with Crippen LogP contribution in [0.1, 0.15) is 5.56 Å². The Labute approximate surface area is 118 Å². The van der Waals surface area contributed by atoms with Gasteiger partial charge in [-0.1, -0.05) is 12.1 Å². The fourth-order valence-corrected chi connectivity index (χ4v) is 2.84. The summed E-state index contributed by atoms with van der Waals surface area (Å²) in [6.07, 6.45) is 1.49. The average Bonchev–Trinajstić information content (AvgIpc) is 2.31. The molecule has 2 rings (SSSR count). The monoisotopic (exact) mass is 344 g/mol. The van der Waals surface area contributed by atoms with Crippen molar-refractivity contribution in [3.8, 4) is 0 Å². The number of anilines is 1. The number of nitrogens with zero attached hydrogens (tertiary/aromatic N) is 1. The molecule has 0 aliphatic rings. The highest BCUT2D eigenvalue weighted by Crippen LogP contribution is 2.14. The van der Waals surface area contributed by atoms with Crippen LogP contribution in [-0.4, -0.2) is 13.4 Å². The lowest BCUT2D eigenvalue weighted by Crippen LogP contribution is -2.15. The molecule has 0 amide bonds. The number of halogens is 2. The summed E-state index contributed by atoms with van der Waals surface area (Å²) in [5.74, 6) is -0.545. The van der Waals surface area contributed by atoms with E-state index in [2.05, 4.69) is 25.6 Å². The number of rotatable bonds is 4. The molecule has 1 aromatic carbocycles. The van der Waals surface area contributed by atoms with E-state index in [1.807, 2.05) is 0 Å². The molecule has 1 heterocycles. The number of pyridine rings is 1. The molecule has 7 heteroatoms. The van der Waals surface area contributed by atoms with Gasteiger partial charge in [-0.15, -0.1) is 0 Å². The molecule has 1 aromatic heterocycles. The van der Waals surface area contributed by atoms with Crippen molar-refractivity contribution < 1.29 is 12.8 Å². The van der Waals surface area contributed by atoms with Crippen LogP contribution < -0.4 is 4.72 Å². The third-order valence-corrected chi connectivity index (χ3v) is 3.94. The van der Waals surface area contributed by atoms with E-state index in [0.29, 0.717) is 5.56 Å². The molecule has 0 aliphatic heterocycles. The Morgan fingerprint density at radius 2 is 2.05 bits per heavy atom. The summed E-state index contributed by atoms with van der Waals surface area (Å²) in [6, 6.07) is 8.68. The van der Waals surface area contributed by atoms with Crippen LogP contribution in [0.3, 0.4) is 0 Å². The van der Waals surface area contributed by atoms with Crippen molar-refractivity contribution in [2.75, 3.05) is 4.72 Å². The molecule has 0 atom stereocenters. The summed E-state index contributed by atoms with van der Waals surface area (Å²) in [4.78, 5) is 3.91. The maximum absolute atomic E-state index is 13.0. The van der Waals surface area contributed by atoms with Crippen molar-refractivity contribution in [2.24, 2.45) is 0 Å². The summed E-state index contributed by atoms with van der Waals surface area (Å²) < 4.78 is 39.8. The van der Waals surface area contributed by atoms with Crippen molar-refractivity contribution in [3.05, 3.63) is 58.4 Å². The zero-order valence-electron chi connectivity index (χ0n) is 9.68. The van der Waals surface area contributed by atoms with Crippen LogP contribution >= 0.6 is 15.9 Å². The normalized spacial score (nSPS) is 11.3. The van der Waals surface area contributed by atoms with E-state index in [1.54, 1.807) is 12.1 Å². The van der Waals surface area contributed by atoms with Crippen molar-refractivity contribution in [3.63, 3.8) is 0 Å². The van der Waals surface area contributed by atoms with Crippen LogP contribution in [0.25, 0.3) is 0 Å². The van der Waals surface area contributed by atoms with E-state index in [4.69, 9.17) is 0 Å². The van der Waals surface area contributed by atoms with Gasteiger partial charge in [-0.05, 0) is 45.8 Å². The maximum atomic E-state index is 13.0. The van der Waals surface area contributed by atoms with Crippen LogP contribution in [0.15, 0.2) is 47.1 Å². The molecule has 0 aliphatic carbocycles. The molecule has 0 spiro atoms. The average molecular weight is 345 g/mol. The van der Waals surface area contributed by atoms with Crippen LogP contribution in [0.2, 0.25) is 0 Å². The highest BCUT2D eigenvalue weighted by Gasteiger charge is 2.12. The molecule has 2 aromatic rings. The summed E-state index contributed by atoms with van der Waals surface area (Å²) in [7, 11) is -3.61. The molecule has 1 N–H and O–H groups in total.